The monoisotopic (exact) mass is 341 g/mol. The first kappa shape index (κ1) is 17.0. The number of aromatic nitrogens is 2. The molecular formula is C13H16ClN5O4. The van der Waals surface area contributed by atoms with Gasteiger partial charge >= 0.3 is 11.1 Å². The van der Waals surface area contributed by atoms with Crippen molar-refractivity contribution in [2.24, 2.45) is 0 Å². The number of halogens is 1. The lowest BCUT2D eigenvalue weighted by molar-refractivity contribution is -0.384. The molecule has 2 heterocycles. The van der Waals surface area contributed by atoms with Gasteiger partial charge in [-0.25, -0.2) is 0 Å². The van der Waals surface area contributed by atoms with E-state index >= 15 is 0 Å². The zero-order chi connectivity index (χ0) is 15.9. The minimum atomic E-state index is -0.825. The molecule has 124 valence electrons. The van der Waals surface area contributed by atoms with Gasteiger partial charge in [0.2, 0.25) is 0 Å². The van der Waals surface area contributed by atoms with Crippen molar-refractivity contribution in [1.29, 1.82) is 0 Å². The average molecular weight is 342 g/mol. The van der Waals surface area contributed by atoms with Gasteiger partial charge in [0.25, 0.3) is 5.69 Å². The average Bonchev–Trinajstić information content (AvgIpc) is 2.48. The summed E-state index contributed by atoms with van der Waals surface area (Å²) >= 11 is 0. The number of aromatic amines is 2. The Morgan fingerprint density at radius 3 is 2.09 bits per heavy atom. The van der Waals surface area contributed by atoms with Gasteiger partial charge in [0.05, 0.1) is 16.0 Å². The highest BCUT2D eigenvalue weighted by Crippen LogP contribution is 2.31. The summed E-state index contributed by atoms with van der Waals surface area (Å²) in [5, 5.41) is 11.3. The molecule has 0 amide bonds. The van der Waals surface area contributed by atoms with E-state index < -0.39 is 16.0 Å². The van der Waals surface area contributed by atoms with Crippen LogP contribution in [-0.2, 0) is 0 Å². The van der Waals surface area contributed by atoms with Crippen molar-refractivity contribution in [3.8, 4) is 0 Å². The molecule has 3 rings (SSSR count). The van der Waals surface area contributed by atoms with E-state index in [2.05, 4.69) is 14.9 Å². The minimum absolute atomic E-state index is 0. The third-order valence-corrected chi connectivity index (χ3v) is 3.86. The number of likely N-dealkylation sites (N-methyl/N-ethyl adjacent to an activating group) is 1. The standard InChI is InChI=1S/C13H15N5O4.ClH/c1-16-2-4-17(5-3-16)10-6-8-9(7-11(10)18(21)22)15-13(20)12(19)14-8;/h6-7H,2-5H2,1H3,(H,14,19)(H,15,20);1H. The number of piperazine rings is 1. The number of nitro benzene ring substituents is 1. The predicted molar refractivity (Wildman–Crippen MR) is 88.8 cm³/mol. The highest BCUT2D eigenvalue weighted by atomic mass is 35.5. The molecule has 1 fully saturated rings. The smallest absolute Gasteiger partial charge is 0.314 e. The number of hydrogen-bond acceptors (Lipinski definition) is 6. The number of rotatable bonds is 2. The summed E-state index contributed by atoms with van der Waals surface area (Å²) in [5.74, 6) is 0. The Labute approximate surface area is 136 Å². The van der Waals surface area contributed by atoms with Crippen molar-refractivity contribution >= 4 is 34.8 Å². The maximum atomic E-state index is 11.4. The second-order valence-electron chi connectivity index (χ2n) is 5.34. The van der Waals surface area contributed by atoms with Crippen LogP contribution in [0.25, 0.3) is 11.0 Å². The topological polar surface area (TPSA) is 115 Å². The molecule has 0 aliphatic carbocycles. The molecule has 9 nitrogen and oxygen atoms in total. The number of nitro groups is 1. The van der Waals surface area contributed by atoms with Gasteiger partial charge in [0, 0.05) is 32.2 Å². The van der Waals surface area contributed by atoms with Crippen molar-refractivity contribution in [1.82, 2.24) is 14.9 Å². The van der Waals surface area contributed by atoms with E-state index in [9.17, 15) is 19.7 Å². The first-order chi connectivity index (χ1) is 10.5. The van der Waals surface area contributed by atoms with E-state index in [1.165, 1.54) is 6.07 Å². The lowest BCUT2D eigenvalue weighted by Crippen LogP contribution is -2.44. The largest absolute Gasteiger partial charge is 0.363 e. The molecule has 0 saturated carbocycles. The SMILES string of the molecule is CN1CCN(c2cc3[nH]c(=O)c(=O)[nH]c3cc2[N+](=O)[O-])CC1.Cl. The molecule has 0 bridgehead atoms. The second kappa shape index (κ2) is 6.39. The van der Waals surface area contributed by atoms with Crippen LogP contribution in [0, 0.1) is 10.1 Å². The van der Waals surface area contributed by atoms with E-state index in [0.717, 1.165) is 13.1 Å². The van der Waals surface area contributed by atoms with E-state index in [1.807, 2.05) is 11.9 Å². The highest BCUT2D eigenvalue weighted by Gasteiger charge is 2.24. The first-order valence-corrected chi connectivity index (χ1v) is 6.84. The number of H-pyrrole nitrogens is 2. The second-order valence-corrected chi connectivity index (χ2v) is 5.34. The molecule has 2 aromatic rings. The molecule has 1 aromatic carbocycles. The lowest BCUT2D eigenvalue weighted by atomic mass is 10.2. The maximum absolute atomic E-state index is 11.4. The number of nitrogens with one attached hydrogen (secondary N) is 2. The van der Waals surface area contributed by atoms with Crippen LogP contribution in [0.15, 0.2) is 21.7 Å². The summed E-state index contributed by atoms with van der Waals surface area (Å²) in [5.41, 5.74) is -0.605. The van der Waals surface area contributed by atoms with Crippen molar-refractivity contribution in [2.45, 2.75) is 0 Å². The third-order valence-electron chi connectivity index (χ3n) is 3.86. The summed E-state index contributed by atoms with van der Waals surface area (Å²) in [7, 11) is 1.99. The zero-order valence-corrected chi connectivity index (χ0v) is 13.2. The van der Waals surface area contributed by atoms with Gasteiger partial charge in [0.1, 0.15) is 5.69 Å². The Bertz CT molecular complexity index is 854. The van der Waals surface area contributed by atoms with Crippen molar-refractivity contribution in [2.75, 3.05) is 38.1 Å². The number of fused-ring (bicyclic) bond motifs is 1. The van der Waals surface area contributed by atoms with Crippen LogP contribution in [0.4, 0.5) is 11.4 Å². The molecule has 1 aliphatic rings. The highest BCUT2D eigenvalue weighted by molar-refractivity contribution is 5.85. The minimum Gasteiger partial charge on any atom is -0.363 e. The summed E-state index contributed by atoms with van der Waals surface area (Å²) in [6.07, 6.45) is 0. The Morgan fingerprint density at radius 1 is 1.04 bits per heavy atom. The van der Waals surface area contributed by atoms with Gasteiger partial charge in [-0.15, -0.1) is 12.4 Å². The van der Waals surface area contributed by atoms with E-state index in [0.29, 0.717) is 24.3 Å². The van der Waals surface area contributed by atoms with Crippen molar-refractivity contribution in [3.63, 3.8) is 0 Å². The van der Waals surface area contributed by atoms with Crippen LogP contribution >= 0.6 is 12.4 Å². The van der Waals surface area contributed by atoms with Crippen LogP contribution < -0.4 is 16.0 Å². The fraction of sp³-hybridized carbons (Fsp3) is 0.385. The van der Waals surface area contributed by atoms with Crippen molar-refractivity contribution < 1.29 is 4.92 Å². The van der Waals surface area contributed by atoms with E-state index in [4.69, 9.17) is 0 Å². The summed E-state index contributed by atoms with van der Waals surface area (Å²) in [4.78, 5) is 42.5. The molecule has 2 N–H and O–H groups in total. The molecule has 1 saturated heterocycles. The molecule has 0 radical (unpaired) electrons. The molecule has 0 unspecified atom stereocenters. The lowest BCUT2D eigenvalue weighted by Gasteiger charge is -2.33. The first-order valence-electron chi connectivity index (χ1n) is 6.84. The van der Waals surface area contributed by atoms with Crippen LogP contribution in [0.2, 0.25) is 0 Å². The van der Waals surface area contributed by atoms with Crippen LogP contribution in [0.1, 0.15) is 0 Å². The van der Waals surface area contributed by atoms with Gasteiger partial charge < -0.3 is 19.8 Å². The van der Waals surface area contributed by atoms with Gasteiger partial charge in [-0.3, -0.25) is 19.7 Å². The van der Waals surface area contributed by atoms with Gasteiger partial charge in [-0.1, -0.05) is 0 Å². The normalized spacial score (nSPS) is 15.4. The maximum Gasteiger partial charge on any atom is 0.314 e. The summed E-state index contributed by atoms with van der Waals surface area (Å²) in [6, 6.07) is 2.84. The molecule has 23 heavy (non-hydrogen) atoms. The number of nitrogens with zero attached hydrogens (tertiary/aromatic N) is 3. The fourth-order valence-electron chi connectivity index (χ4n) is 2.59. The number of hydrogen-bond donors (Lipinski definition) is 2. The Hall–Kier alpha value is -2.39. The Balaban J connectivity index is 0.00000192. The number of benzene rings is 1. The zero-order valence-electron chi connectivity index (χ0n) is 12.4. The Morgan fingerprint density at radius 2 is 1.57 bits per heavy atom. The fourth-order valence-corrected chi connectivity index (χ4v) is 2.59. The van der Waals surface area contributed by atoms with Crippen LogP contribution in [-0.4, -0.2) is 53.0 Å². The van der Waals surface area contributed by atoms with Crippen LogP contribution in [0.5, 0.6) is 0 Å². The van der Waals surface area contributed by atoms with Crippen molar-refractivity contribution in [3.05, 3.63) is 43.0 Å². The summed E-state index contributed by atoms with van der Waals surface area (Å²) < 4.78 is 0. The third kappa shape index (κ3) is 3.20. The van der Waals surface area contributed by atoms with Gasteiger partial charge in [-0.2, -0.15) is 0 Å². The molecule has 1 aromatic heterocycles. The molecular weight excluding hydrogens is 326 g/mol. The molecule has 0 atom stereocenters. The van der Waals surface area contributed by atoms with Gasteiger partial charge in [0.15, 0.2) is 0 Å². The van der Waals surface area contributed by atoms with E-state index in [-0.39, 0.29) is 23.6 Å². The summed E-state index contributed by atoms with van der Waals surface area (Å²) in [6.45, 7) is 2.93. The number of anilines is 1. The predicted octanol–water partition coefficient (Wildman–Crippen LogP) is 0.298. The molecule has 0 spiro atoms. The molecule has 1 aliphatic heterocycles. The van der Waals surface area contributed by atoms with Gasteiger partial charge in [-0.05, 0) is 13.1 Å². The quantitative estimate of drug-likeness (QED) is 0.461. The van der Waals surface area contributed by atoms with E-state index in [1.54, 1.807) is 6.07 Å². The van der Waals surface area contributed by atoms with Crippen LogP contribution in [0.3, 0.4) is 0 Å². The Kier molecular flexibility index (Phi) is 4.71. The molecule has 10 heteroatoms.